The lowest BCUT2D eigenvalue weighted by Gasteiger charge is -2.18. The van der Waals surface area contributed by atoms with E-state index in [0.29, 0.717) is 13.2 Å². The number of aromatic nitrogens is 1. The minimum Gasteiger partial charge on any atom is -0.497 e. The number of rotatable bonds is 7. The molecule has 3 aromatic rings. The molecule has 6 nitrogen and oxygen atoms in total. The van der Waals surface area contributed by atoms with Gasteiger partial charge in [-0.05, 0) is 43.3 Å². The van der Waals surface area contributed by atoms with E-state index in [1.165, 1.54) is 0 Å². The van der Waals surface area contributed by atoms with E-state index >= 15 is 0 Å². The Kier molecular flexibility index (Phi) is 6.49. The summed E-state index contributed by atoms with van der Waals surface area (Å²) >= 11 is 1.62. The zero-order valence-corrected chi connectivity index (χ0v) is 17.0. The van der Waals surface area contributed by atoms with Gasteiger partial charge in [-0.15, -0.1) is 11.3 Å². The van der Waals surface area contributed by atoms with Gasteiger partial charge in [0, 0.05) is 23.7 Å². The van der Waals surface area contributed by atoms with Gasteiger partial charge < -0.3 is 19.7 Å². The summed E-state index contributed by atoms with van der Waals surface area (Å²) in [5, 5.41) is 5.95. The number of likely N-dealkylation sites (N-methyl/N-ethyl adjacent to an activating group) is 1. The fourth-order valence-electron chi connectivity index (χ4n) is 2.51. The number of aryl methyl sites for hydroxylation is 1. The number of ether oxygens (including phenoxy) is 2. The number of amides is 2. The Morgan fingerprint density at radius 1 is 1.11 bits per heavy atom. The fourth-order valence-corrected chi connectivity index (χ4v) is 3.14. The summed E-state index contributed by atoms with van der Waals surface area (Å²) in [6, 6.07) is 14.8. The highest BCUT2D eigenvalue weighted by Crippen LogP contribution is 2.23. The van der Waals surface area contributed by atoms with Crippen molar-refractivity contribution in [3.63, 3.8) is 0 Å². The predicted octanol–water partition coefficient (Wildman–Crippen LogP) is 4.67. The molecule has 146 valence electrons. The first-order chi connectivity index (χ1) is 13.5. The second-order valence-electron chi connectivity index (χ2n) is 6.20. The molecule has 0 bridgehead atoms. The molecule has 0 aliphatic heterocycles. The molecule has 1 heterocycles. The number of carbonyl (C=O) groups excluding carboxylic acids is 1. The smallest absolute Gasteiger partial charge is 0.321 e. The van der Waals surface area contributed by atoms with Gasteiger partial charge in [-0.3, -0.25) is 0 Å². The molecule has 0 unspecified atom stereocenters. The van der Waals surface area contributed by atoms with E-state index in [4.69, 9.17) is 9.47 Å². The fraction of sp³-hybridized carbons (Fsp3) is 0.238. The lowest BCUT2D eigenvalue weighted by atomic mass is 10.1. The first kappa shape index (κ1) is 19.7. The van der Waals surface area contributed by atoms with Gasteiger partial charge in [-0.1, -0.05) is 12.1 Å². The molecule has 0 saturated carbocycles. The average molecular weight is 398 g/mol. The average Bonchev–Trinajstić information content (AvgIpc) is 3.15. The number of methoxy groups -OCH3 is 1. The predicted molar refractivity (Wildman–Crippen MR) is 112 cm³/mol. The summed E-state index contributed by atoms with van der Waals surface area (Å²) in [6.45, 7) is 2.85. The lowest BCUT2D eigenvalue weighted by molar-refractivity contribution is 0.207. The van der Waals surface area contributed by atoms with Crippen LogP contribution in [0, 0.1) is 6.92 Å². The molecule has 0 fully saturated rings. The highest BCUT2D eigenvalue weighted by Gasteiger charge is 2.09. The van der Waals surface area contributed by atoms with Gasteiger partial charge in [-0.2, -0.15) is 0 Å². The first-order valence-electron chi connectivity index (χ1n) is 8.86. The zero-order valence-electron chi connectivity index (χ0n) is 16.1. The van der Waals surface area contributed by atoms with Crippen LogP contribution in [0.3, 0.4) is 0 Å². The summed E-state index contributed by atoms with van der Waals surface area (Å²) in [4.78, 5) is 18.4. The number of benzene rings is 2. The van der Waals surface area contributed by atoms with Crippen LogP contribution in [0.1, 0.15) is 5.01 Å². The molecular formula is C21H23N3O3S. The number of nitrogens with one attached hydrogen (secondary N) is 1. The van der Waals surface area contributed by atoms with E-state index in [-0.39, 0.29) is 6.03 Å². The Bertz CT molecular complexity index is 907. The van der Waals surface area contributed by atoms with Crippen molar-refractivity contribution in [1.29, 1.82) is 0 Å². The molecule has 7 heteroatoms. The monoisotopic (exact) mass is 397 g/mol. The van der Waals surface area contributed by atoms with Crippen LogP contribution in [0.5, 0.6) is 11.5 Å². The van der Waals surface area contributed by atoms with E-state index in [0.717, 1.165) is 33.5 Å². The van der Waals surface area contributed by atoms with Crippen LogP contribution in [0.25, 0.3) is 11.3 Å². The first-order valence-corrected chi connectivity index (χ1v) is 9.74. The Balaban J connectivity index is 1.46. The van der Waals surface area contributed by atoms with Crippen LogP contribution in [0.2, 0.25) is 0 Å². The van der Waals surface area contributed by atoms with Gasteiger partial charge in [0.05, 0.1) is 24.4 Å². The molecule has 0 aliphatic carbocycles. The molecular weight excluding hydrogens is 374 g/mol. The Hall–Kier alpha value is -3.06. The van der Waals surface area contributed by atoms with Crippen LogP contribution in [-0.2, 0) is 0 Å². The number of carbonyl (C=O) groups is 1. The molecule has 3 rings (SSSR count). The Labute approximate surface area is 168 Å². The number of nitrogens with zero attached hydrogens (tertiary/aromatic N) is 2. The summed E-state index contributed by atoms with van der Waals surface area (Å²) in [6.07, 6.45) is 0. The third-order valence-corrected chi connectivity index (χ3v) is 4.93. The van der Waals surface area contributed by atoms with Crippen LogP contribution < -0.4 is 14.8 Å². The molecule has 0 saturated heterocycles. The van der Waals surface area contributed by atoms with Crippen LogP contribution >= 0.6 is 11.3 Å². The number of hydrogen-bond donors (Lipinski definition) is 1. The van der Waals surface area contributed by atoms with E-state index in [2.05, 4.69) is 10.3 Å². The van der Waals surface area contributed by atoms with Gasteiger partial charge in [0.15, 0.2) is 0 Å². The molecule has 0 spiro atoms. The van der Waals surface area contributed by atoms with Crippen molar-refractivity contribution in [2.24, 2.45) is 0 Å². The molecule has 2 aromatic carbocycles. The molecule has 28 heavy (non-hydrogen) atoms. The van der Waals surface area contributed by atoms with Crippen molar-refractivity contribution in [1.82, 2.24) is 9.88 Å². The third kappa shape index (κ3) is 5.23. The van der Waals surface area contributed by atoms with Crippen LogP contribution in [0.15, 0.2) is 53.9 Å². The topological polar surface area (TPSA) is 63.7 Å². The molecule has 1 N–H and O–H groups in total. The highest BCUT2D eigenvalue weighted by molar-refractivity contribution is 7.09. The largest absolute Gasteiger partial charge is 0.497 e. The molecule has 2 amide bonds. The van der Waals surface area contributed by atoms with Crippen LogP contribution in [0.4, 0.5) is 10.5 Å². The van der Waals surface area contributed by atoms with Crippen molar-refractivity contribution in [2.45, 2.75) is 6.92 Å². The maximum Gasteiger partial charge on any atom is 0.321 e. The number of thiazole rings is 1. The van der Waals surface area contributed by atoms with Gasteiger partial charge in [0.2, 0.25) is 0 Å². The number of hydrogen-bond acceptors (Lipinski definition) is 5. The maximum absolute atomic E-state index is 12.3. The molecule has 1 aromatic heterocycles. The minimum atomic E-state index is -0.185. The maximum atomic E-state index is 12.3. The Morgan fingerprint density at radius 3 is 2.39 bits per heavy atom. The molecule has 0 aliphatic rings. The van der Waals surface area contributed by atoms with E-state index in [1.54, 1.807) is 30.4 Å². The minimum absolute atomic E-state index is 0.185. The summed E-state index contributed by atoms with van der Waals surface area (Å²) in [5.74, 6) is 1.52. The van der Waals surface area contributed by atoms with Gasteiger partial charge in [-0.25, -0.2) is 9.78 Å². The van der Waals surface area contributed by atoms with Crippen molar-refractivity contribution < 1.29 is 14.3 Å². The number of anilines is 1. The lowest BCUT2D eigenvalue weighted by Crippen LogP contribution is -2.34. The van der Waals surface area contributed by atoms with Crippen molar-refractivity contribution in [2.75, 3.05) is 32.6 Å². The van der Waals surface area contributed by atoms with Crippen molar-refractivity contribution >= 4 is 23.1 Å². The van der Waals surface area contributed by atoms with Gasteiger partial charge in [0.1, 0.15) is 18.1 Å². The quantitative estimate of drug-likeness (QED) is 0.629. The second kappa shape index (κ2) is 9.23. The normalized spacial score (nSPS) is 10.4. The Morgan fingerprint density at radius 2 is 1.79 bits per heavy atom. The van der Waals surface area contributed by atoms with Crippen molar-refractivity contribution in [3.05, 3.63) is 58.9 Å². The molecule has 0 radical (unpaired) electrons. The number of urea groups is 1. The van der Waals surface area contributed by atoms with E-state index < -0.39 is 0 Å². The second-order valence-corrected chi connectivity index (χ2v) is 7.27. The summed E-state index contributed by atoms with van der Waals surface area (Å²) in [5.41, 5.74) is 2.72. The van der Waals surface area contributed by atoms with Crippen molar-refractivity contribution in [3.8, 4) is 22.8 Å². The molecule has 0 atom stereocenters. The van der Waals surface area contributed by atoms with E-state index in [9.17, 15) is 4.79 Å². The van der Waals surface area contributed by atoms with Gasteiger partial charge >= 0.3 is 6.03 Å². The standard InChI is InChI=1S/C21H23N3O3S/c1-15-22-20(14-28-15)16-4-6-17(7-5-16)23-21(25)24(2)12-13-27-19-10-8-18(26-3)9-11-19/h4-11,14H,12-13H2,1-3H3,(H,23,25). The zero-order chi connectivity index (χ0) is 19.9. The summed E-state index contributed by atoms with van der Waals surface area (Å²) in [7, 11) is 3.36. The summed E-state index contributed by atoms with van der Waals surface area (Å²) < 4.78 is 10.8. The van der Waals surface area contributed by atoms with E-state index in [1.807, 2.05) is 60.8 Å². The van der Waals surface area contributed by atoms with Gasteiger partial charge in [0.25, 0.3) is 0 Å². The van der Waals surface area contributed by atoms with Crippen LogP contribution in [-0.4, -0.2) is 43.2 Å². The third-order valence-electron chi connectivity index (χ3n) is 4.15. The SMILES string of the molecule is COc1ccc(OCCN(C)C(=O)Nc2ccc(-c3csc(C)n3)cc2)cc1. The highest BCUT2D eigenvalue weighted by atomic mass is 32.1.